The molecular weight excluding hydrogens is 351 g/mol. The number of aryl methyl sites for hydroxylation is 1. The SMILES string of the molecule is Cc1ccc([C@]2(c3ccccc3)C(=O)Nc3c(C(F)(F)F)cccc32)cc1. The van der Waals surface area contributed by atoms with E-state index in [0.29, 0.717) is 16.7 Å². The average molecular weight is 367 g/mol. The van der Waals surface area contributed by atoms with E-state index in [9.17, 15) is 18.0 Å². The first-order chi connectivity index (χ1) is 12.8. The third-order valence-electron chi connectivity index (χ3n) is 5.04. The number of fused-ring (bicyclic) bond motifs is 1. The van der Waals surface area contributed by atoms with Crippen LogP contribution in [0.25, 0.3) is 0 Å². The Bertz CT molecular complexity index is 1010. The van der Waals surface area contributed by atoms with E-state index in [0.717, 1.165) is 11.6 Å². The molecule has 0 unspecified atom stereocenters. The number of anilines is 1. The second kappa shape index (κ2) is 5.98. The van der Waals surface area contributed by atoms with Crippen LogP contribution >= 0.6 is 0 Å². The van der Waals surface area contributed by atoms with Crippen LogP contribution in [0.1, 0.15) is 27.8 Å². The van der Waals surface area contributed by atoms with Gasteiger partial charge in [-0.1, -0.05) is 72.3 Å². The van der Waals surface area contributed by atoms with Gasteiger partial charge in [-0.15, -0.1) is 0 Å². The monoisotopic (exact) mass is 367 g/mol. The molecule has 0 saturated carbocycles. The molecule has 0 radical (unpaired) electrons. The molecule has 0 saturated heterocycles. The fourth-order valence-electron chi connectivity index (χ4n) is 3.80. The fraction of sp³-hybridized carbons (Fsp3) is 0.136. The Labute approximate surface area is 154 Å². The van der Waals surface area contributed by atoms with E-state index in [-0.39, 0.29) is 5.69 Å². The molecule has 4 rings (SSSR count). The number of alkyl halides is 3. The summed E-state index contributed by atoms with van der Waals surface area (Å²) in [4.78, 5) is 13.2. The van der Waals surface area contributed by atoms with Gasteiger partial charge in [-0.2, -0.15) is 13.2 Å². The van der Waals surface area contributed by atoms with E-state index in [2.05, 4.69) is 5.32 Å². The number of nitrogens with one attached hydrogen (secondary N) is 1. The summed E-state index contributed by atoms with van der Waals surface area (Å²) < 4.78 is 40.6. The highest BCUT2D eigenvalue weighted by molar-refractivity contribution is 6.12. The molecule has 2 nitrogen and oxygen atoms in total. The van der Waals surface area contributed by atoms with Crippen molar-refractivity contribution in [3.05, 3.63) is 101 Å². The first kappa shape index (κ1) is 17.3. The molecule has 0 fully saturated rings. The third kappa shape index (κ3) is 2.53. The van der Waals surface area contributed by atoms with Crippen molar-refractivity contribution in [3.8, 4) is 0 Å². The number of halogens is 3. The van der Waals surface area contributed by atoms with Gasteiger partial charge in [-0.25, -0.2) is 0 Å². The summed E-state index contributed by atoms with van der Waals surface area (Å²) in [6.07, 6.45) is -4.56. The highest BCUT2D eigenvalue weighted by Crippen LogP contribution is 2.51. The Morgan fingerprint density at radius 1 is 0.815 bits per heavy atom. The zero-order chi connectivity index (χ0) is 19.2. The predicted octanol–water partition coefficient (Wildman–Crippen LogP) is 5.30. The van der Waals surface area contributed by atoms with Crippen molar-refractivity contribution in [2.45, 2.75) is 18.5 Å². The first-order valence-electron chi connectivity index (χ1n) is 8.50. The summed E-state index contributed by atoms with van der Waals surface area (Å²) in [5.41, 5.74) is 0.255. The lowest BCUT2D eigenvalue weighted by molar-refractivity contribution is -0.136. The van der Waals surface area contributed by atoms with Gasteiger partial charge in [-0.05, 0) is 24.1 Å². The van der Waals surface area contributed by atoms with Gasteiger partial charge in [0.2, 0.25) is 5.91 Å². The predicted molar refractivity (Wildman–Crippen MR) is 97.6 cm³/mol. The van der Waals surface area contributed by atoms with Crippen molar-refractivity contribution in [3.63, 3.8) is 0 Å². The largest absolute Gasteiger partial charge is 0.418 e. The molecule has 1 N–H and O–H groups in total. The van der Waals surface area contributed by atoms with Crippen molar-refractivity contribution >= 4 is 11.6 Å². The smallest absolute Gasteiger partial charge is 0.324 e. The summed E-state index contributed by atoms with van der Waals surface area (Å²) in [7, 11) is 0. The van der Waals surface area contributed by atoms with Crippen LogP contribution in [0, 0.1) is 6.92 Å². The number of para-hydroxylation sites is 1. The number of hydrogen-bond donors (Lipinski definition) is 1. The van der Waals surface area contributed by atoms with Crippen LogP contribution < -0.4 is 5.32 Å². The van der Waals surface area contributed by atoms with E-state index in [1.165, 1.54) is 6.07 Å². The second-order valence-electron chi connectivity index (χ2n) is 6.66. The molecule has 0 aromatic heterocycles. The Hall–Kier alpha value is -3.08. The van der Waals surface area contributed by atoms with Gasteiger partial charge in [0, 0.05) is 5.56 Å². The quantitative estimate of drug-likeness (QED) is 0.654. The third-order valence-corrected chi connectivity index (χ3v) is 5.04. The molecule has 1 atom stereocenters. The maximum absolute atomic E-state index is 13.5. The van der Waals surface area contributed by atoms with E-state index in [1.807, 2.05) is 25.1 Å². The molecule has 136 valence electrons. The second-order valence-corrected chi connectivity index (χ2v) is 6.66. The van der Waals surface area contributed by atoms with Crippen LogP contribution in [-0.2, 0) is 16.4 Å². The average Bonchev–Trinajstić information content (AvgIpc) is 2.95. The summed E-state index contributed by atoms with van der Waals surface area (Å²) >= 11 is 0. The maximum Gasteiger partial charge on any atom is 0.418 e. The minimum absolute atomic E-state index is 0.167. The minimum atomic E-state index is -4.56. The zero-order valence-corrected chi connectivity index (χ0v) is 14.5. The van der Waals surface area contributed by atoms with Gasteiger partial charge >= 0.3 is 6.18 Å². The molecule has 1 aliphatic heterocycles. The number of hydrogen-bond acceptors (Lipinski definition) is 1. The van der Waals surface area contributed by atoms with Crippen LogP contribution in [0.4, 0.5) is 18.9 Å². The van der Waals surface area contributed by atoms with Gasteiger partial charge in [0.1, 0.15) is 5.41 Å². The van der Waals surface area contributed by atoms with Crippen molar-refractivity contribution in [1.29, 1.82) is 0 Å². The van der Waals surface area contributed by atoms with E-state index in [1.54, 1.807) is 42.5 Å². The standard InChI is InChI=1S/C22H16F3NO/c1-14-10-12-16(13-11-14)21(15-6-3-2-4-7-15)17-8-5-9-18(22(23,24)25)19(17)26-20(21)27/h2-13H,1H3,(H,26,27)/t21-/m0/s1. The van der Waals surface area contributed by atoms with Gasteiger partial charge in [0.25, 0.3) is 0 Å². The lowest BCUT2D eigenvalue weighted by atomic mass is 9.70. The Kier molecular flexibility index (Phi) is 3.84. The summed E-state index contributed by atoms with van der Waals surface area (Å²) in [6, 6.07) is 20.2. The Morgan fingerprint density at radius 3 is 2.07 bits per heavy atom. The maximum atomic E-state index is 13.5. The molecule has 1 aliphatic rings. The summed E-state index contributed by atoms with van der Waals surface area (Å²) in [5.74, 6) is -0.482. The number of benzene rings is 3. The number of carbonyl (C=O) groups is 1. The lowest BCUT2D eigenvalue weighted by Gasteiger charge is -2.29. The molecule has 27 heavy (non-hydrogen) atoms. The highest BCUT2D eigenvalue weighted by atomic mass is 19.4. The molecule has 1 amide bonds. The zero-order valence-electron chi connectivity index (χ0n) is 14.5. The Morgan fingerprint density at radius 2 is 1.44 bits per heavy atom. The van der Waals surface area contributed by atoms with E-state index < -0.39 is 23.1 Å². The van der Waals surface area contributed by atoms with Crippen LogP contribution in [0.2, 0.25) is 0 Å². The molecule has 0 aliphatic carbocycles. The topological polar surface area (TPSA) is 29.1 Å². The number of carbonyl (C=O) groups excluding carboxylic acids is 1. The molecule has 0 bridgehead atoms. The molecular formula is C22H16F3NO. The van der Waals surface area contributed by atoms with Gasteiger partial charge < -0.3 is 5.32 Å². The van der Waals surface area contributed by atoms with Crippen molar-refractivity contribution in [2.24, 2.45) is 0 Å². The van der Waals surface area contributed by atoms with Gasteiger partial charge in [-0.3, -0.25) is 4.79 Å². The molecule has 5 heteroatoms. The highest BCUT2D eigenvalue weighted by Gasteiger charge is 2.52. The van der Waals surface area contributed by atoms with Crippen LogP contribution in [0.15, 0.2) is 72.8 Å². The van der Waals surface area contributed by atoms with E-state index in [4.69, 9.17) is 0 Å². The first-order valence-corrected chi connectivity index (χ1v) is 8.50. The van der Waals surface area contributed by atoms with Gasteiger partial charge in [0.05, 0.1) is 11.3 Å². The summed E-state index contributed by atoms with van der Waals surface area (Å²) in [6.45, 7) is 1.92. The number of amides is 1. The number of rotatable bonds is 2. The Balaban J connectivity index is 2.08. The van der Waals surface area contributed by atoms with Crippen LogP contribution in [0.3, 0.4) is 0 Å². The lowest BCUT2D eigenvalue weighted by Crippen LogP contribution is -2.36. The van der Waals surface area contributed by atoms with Crippen LogP contribution in [0.5, 0.6) is 0 Å². The van der Waals surface area contributed by atoms with Crippen LogP contribution in [-0.4, -0.2) is 5.91 Å². The molecule has 3 aromatic rings. The molecule has 0 spiro atoms. The fourth-order valence-corrected chi connectivity index (χ4v) is 3.80. The molecule has 3 aromatic carbocycles. The van der Waals surface area contributed by atoms with Crippen molar-refractivity contribution in [2.75, 3.05) is 5.32 Å². The normalized spacial score (nSPS) is 18.9. The minimum Gasteiger partial charge on any atom is -0.324 e. The summed E-state index contributed by atoms with van der Waals surface area (Å²) in [5, 5.41) is 2.52. The molecule has 1 heterocycles. The van der Waals surface area contributed by atoms with Crippen molar-refractivity contribution in [1.82, 2.24) is 0 Å². The van der Waals surface area contributed by atoms with E-state index >= 15 is 0 Å². The van der Waals surface area contributed by atoms with Gasteiger partial charge in [0.15, 0.2) is 0 Å². The van der Waals surface area contributed by atoms with Crippen molar-refractivity contribution < 1.29 is 18.0 Å².